The summed E-state index contributed by atoms with van der Waals surface area (Å²) in [5, 5.41) is 9.42. The van der Waals surface area contributed by atoms with E-state index in [4.69, 9.17) is 4.98 Å². The molecule has 0 saturated heterocycles. The first-order valence-corrected chi connectivity index (χ1v) is 11.0. The molecule has 7 nitrogen and oxygen atoms in total. The highest BCUT2D eigenvalue weighted by Crippen LogP contribution is 2.23. The van der Waals surface area contributed by atoms with Crippen molar-refractivity contribution >= 4 is 22.4 Å². The summed E-state index contributed by atoms with van der Waals surface area (Å²) in [6, 6.07) is 26.4. The van der Waals surface area contributed by atoms with Crippen molar-refractivity contribution in [3.05, 3.63) is 107 Å². The molecule has 0 unspecified atom stereocenters. The van der Waals surface area contributed by atoms with Crippen molar-refractivity contribution < 1.29 is 4.79 Å². The Morgan fingerprint density at radius 3 is 2.41 bits per heavy atom. The number of benzene rings is 3. The Bertz CT molecular complexity index is 1560. The van der Waals surface area contributed by atoms with E-state index in [0.717, 1.165) is 27.7 Å². The zero-order chi connectivity index (χ0) is 23.7. The number of nitrogens with one attached hydrogen (secondary N) is 1. The lowest BCUT2D eigenvalue weighted by Gasteiger charge is -2.15. The van der Waals surface area contributed by atoms with Gasteiger partial charge in [-0.25, -0.2) is 9.67 Å². The molecule has 0 spiro atoms. The molecule has 5 aromatic rings. The van der Waals surface area contributed by atoms with Gasteiger partial charge in [-0.05, 0) is 31.4 Å². The third kappa shape index (κ3) is 4.11. The van der Waals surface area contributed by atoms with Gasteiger partial charge in [0.2, 0.25) is 11.9 Å². The molecule has 0 aliphatic carbocycles. The standard InChI is InChI=1S/C27H23N5O2/c1-18-15-19(2)32(30-18)27-29-24(21-10-4-3-5-11-21)16-26(34)31(27)17-25(33)28-23-14-8-12-20-9-6-7-13-22(20)23/h3-16H,17H2,1-2H3,(H,28,33). The number of amides is 1. The molecule has 0 bridgehead atoms. The Hall–Kier alpha value is -4.52. The predicted octanol–water partition coefficient (Wildman–Crippen LogP) is 4.50. The minimum Gasteiger partial charge on any atom is -0.324 e. The van der Waals surface area contributed by atoms with Gasteiger partial charge in [0.05, 0.1) is 11.4 Å². The number of hydrogen-bond donors (Lipinski definition) is 1. The van der Waals surface area contributed by atoms with Gasteiger partial charge in [-0.3, -0.25) is 14.2 Å². The molecule has 5 rings (SSSR count). The molecule has 0 fully saturated rings. The lowest BCUT2D eigenvalue weighted by atomic mass is 10.1. The number of aryl methyl sites for hydroxylation is 2. The molecule has 2 aromatic heterocycles. The van der Waals surface area contributed by atoms with E-state index in [0.29, 0.717) is 17.3 Å². The number of fused-ring (bicyclic) bond motifs is 1. The first kappa shape index (κ1) is 21.3. The molecule has 0 atom stereocenters. The first-order valence-electron chi connectivity index (χ1n) is 11.0. The topological polar surface area (TPSA) is 81.8 Å². The van der Waals surface area contributed by atoms with Crippen LogP contribution in [0.5, 0.6) is 0 Å². The number of carbonyl (C=O) groups excluding carboxylic acids is 1. The van der Waals surface area contributed by atoms with E-state index in [1.807, 2.05) is 92.7 Å². The normalized spacial score (nSPS) is 11.0. The minimum absolute atomic E-state index is 0.197. The van der Waals surface area contributed by atoms with E-state index >= 15 is 0 Å². The van der Waals surface area contributed by atoms with Crippen LogP contribution in [0.2, 0.25) is 0 Å². The van der Waals surface area contributed by atoms with E-state index in [-0.39, 0.29) is 18.0 Å². The van der Waals surface area contributed by atoms with Crippen molar-refractivity contribution in [2.75, 3.05) is 5.32 Å². The summed E-state index contributed by atoms with van der Waals surface area (Å²) in [5.41, 5.74) is 3.32. The molecule has 34 heavy (non-hydrogen) atoms. The highest BCUT2D eigenvalue weighted by Gasteiger charge is 2.17. The van der Waals surface area contributed by atoms with Crippen molar-refractivity contribution in [1.29, 1.82) is 0 Å². The van der Waals surface area contributed by atoms with Crippen molar-refractivity contribution in [1.82, 2.24) is 19.3 Å². The first-order chi connectivity index (χ1) is 16.5. The van der Waals surface area contributed by atoms with E-state index in [1.54, 1.807) is 4.68 Å². The van der Waals surface area contributed by atoms with Crippen LogP contribution in [0.3, 0.4) is 0 Å². The largest absolute Gasteiger partial charge is 0.324 e. The molecule has 0 aliphatic rings. The number of hydrogen-bond acceptors (Lipinski definition) is 4. The monoisotopic (exact) mass is 449 g/mol. The molecule has 1 N–H and O–H groups in total. The summed E-state index contributed by atoms with van der Waals surface area (Å²) in [6.45, 7) is 3.57. The third-order valence-electron chi connectivity index (χ3n) is 5.62. The molecule has 7 heteroatoms. The highest BCUT2D eigenvalue weighted by atomic mass is 16.2. The van der Waals surface area contributed by atoms with Crippen molar-refractivity contribution in [2.45, 2.75) is 20.4 Å². The number of rotatable bonds is 5. The Kier molecular flexibility index (Phi) is 5.51. The second kappa shape index (κ2) is 8.78. The smallest absolute Gasteiger partial charge is 0.256 e. The molecule has 0 radical (unpaired) electrons. The molecular weight excluding hydrogens is 426 g/mol. The van der Waals surface area contributed by atoms with Gasteiger partial charge in [-0.15, -0.1) is 0 Å². The molecule has 2 heterocycles. The Morgan fingerprint density at radius 2 is 1.65 bits per heavy atom. The SMILES string of the molecule is Cc1cc(C)n(-c2nc(-c3ccccc3)cc(=O)n2CC(=O)Nc2cccc3ccccc23)n1. The summed E-state index contributed by atoms with van der Waals surface area (Å²) in [7, 11) is 0. The van der Waals surface area contributed by atoms with Gasteiger partial charge < -0.3 is 5.32 Å². The minimum atomic E-state index is -0.329. The second-order valence-corrected chi connectivity index (χ2v) is 8.15. The molecular formula is C27H23N5O2. The van der Waals surface area contributed by atoms with E-state index < -0.39 is 0 Å². The van der Waals surface area contributed by atoms with Crippen molar-refractivity contribution in [2.24, 2.45) is 0 Å². The molecule has 168 valence electrons. The number of aromatic nitrogens is 4. The zero-order valence-electron chi connectivity index (χ0n) is 18.9. The summed E-state index contributed by atoms with van der Waals surface area (Å²) < 4.78 is 2.96. The maximum Gasteiger partial charge on any atom is 0.256 e. The number of carbonyl (C=O) groups is 1. The van der Waals surface area contributed by atoms with Crippen LogP contribution >= 0.6 is 0 Å². The summed E-state index contributed by atoms with van der Waals surface area (Å²) >= 11 is 0. The van der Waals surface area contributed by atoms with Gasteiger partial charge in [0, 0.05) is 28.4 Å². The van der Waals surface area contributed by atoms with Crippen LogP contribution < -0.4 is 10.9 Å². The summed E-state index contributed by atoms with van der Waals surface area (Å²) in [4.78, 5) is 31.0. The van der Waals surface area contributed by atoms with E-state index in [2.05, 4.69) is 10.4 Å². The van der Waals surface area contributed by atoms with Gasteiger partial charge in [0.1, 0.15) is 6.54 Å². The predicted molar refractivity (Wildman–Crippen MR) is 133 cm³/mol. The summed E-state index contributed by atoms with van der Waals surface area (Å²) in [5.74, 6) is -0.0273. The van der Waals surface area contributed by atoms with Crippen LogP contribution in [0.15, 0.2) is 89.7 Å². The average molecular weight is 450 g/mol. The van der Waals surface area contributed by atoms with Crippen LogP contribution in [0, 0.1) is 13.8 Å². The van der Waals surface area contributed by atoms with Crippen LogP contribution in [-0.2, 0) is 11.3 Å². The van der Waals surface area contributed by atoms with Gasteiger partial charge in [0.25, 0.3) is 5.56 Å². The maximum absolute atomic E-state index is 13.2. The fourth-order valence-electron chi connectivity index (χ4n) is 4.06. The fourth-order valence-corrected chi connectivity index (χ4v) is 4.06. The lowest BCUT2D eigenvalue weighted by Crippen LogP contribution is -2.31. The highest BCUT2D eigenvalue weighted by molar-refractivity contribution is 6.02. The molecule has 3 aromatic carbocycles. The van der Waals surface area contributed by atoms with Crippen LogP contribution in [0.4, 0.5) is 5.69 Å². The van der Waals surface area contributed by atoms with Crippen LogP contribution in [0.1, 0.15) is 11.4 Å². The second-order valence-electron chi connectivity index (χ2n) is 8.15. The van der Waals surface area contributed by atoms with Crippen LogP contribution in [-0.4, -0.2) is 25.2 Å². The Morgan fingerprint density at radius 1 is 0.912 bits per heavy atom. The van der Waals surface area contributed by atoms with Gasteiger partial charge >= 0.3 is 0 Å². The average Bonchev–Trinajstić information content (AvgIpc) is 3.18. The zero-order valence-corrected chi connectivity index (χ0v) is 18.9. The fraction of sp³-hybridized carbons (Fsp3) is 0.111. The quantitative estimate of drug-likeness (QED) is 0.428. The maximum atomic E-state index is 13.2. The number of nitrogens with zero attached hydrogens (tertiary/aromatic N) is 4. The van der Waals surface area contributed by atoms with Gasteiger partial charge in [0.15, 0.2) is 0 Å². The molecule has 0 saturated carbocycles. The van der Waals surface area contributed by atoms with Crippen molar-refractivity contribution in [3.63, 3.8) is 0 Å². The van der Waals surface area contributed by atoms with Gasteiger partial charge in [-0.2, -0.15) is 5.10 Å². The van der Waals surface area contributed by atoms with Crippen LogP contribution in [0.25, 0.3) is 28.0 Å². The lowest BCUT2D eigenvalue weighted by molar-refractivity contribution is -0.116. The third-order valence-corrected chi connectivity index (χ3v) is 5.62. The van der Waals surface area contributed by atoms with Crippen molar-refractivity contribution in [3.8, 4) is 17.2 Å². The van der Waals surface area contributed by atoms with E-state index in [1.165, 1.54) is 10.6 Å². The molecule has 0 aliphatic heterocycles. The Balaban J connectivity index is 1.56. The molecule has 1 amide bonds. The summed E-state index contributed by atoms with van der Waals surface area (Å²) in [6.07, 6.45) is 0. The number of anilines is 1. The van der Waals surface area contributed by atoms with Gasteiger partial charge in [-0.1, -0.05) is 66.7 Å². The van der Waals surface area contributed by atoms with E-state index in [9.17, 15) is 9.59 Å². The Labute approximate surface area is 196 Å².